The summed E-state index contributed by atoms with van der Waals surface area (Å²) >= 11 is 1.18. The summed E-state index contributed by atoms with van der Waals surface area (Å²) in [5, 5.41) is 1.05. The summed E-state index contributed by atoms with van der Waals surface area (Å²) < 4.78 is 16.3. The summed E-state index contributed by atoms with van der Waals surface area (Å²) in [5.41, 5.74) is 4.74. The van der Waals surface area contributed by atoms with Crippen molar-refractivity contribution in [3.63, 3.8) is 0 Å². The average molecular weight is 394 g/mol. The van der Waals surface area contributed by atoms with E-state index in [0.29, 0.717) is 0 Å². The molecule has 2 aromatic heterocycles. The van der Waals surface area contributed by atoms with Crippen LogP contribution < -0.4 is 0 Å². The molecular weight excluding hydrogens is 370 g/mol. The van der Waals surface area contributed by atoms with Crippen LogP contribution in [-0.2, 0) is 4.74 Å². The van der Waals surface area contributed by atoms with Crippen molar-refractivity contribution in [1.82, 2.24) is 13.3 Å². The van der Waals surface area contributed by atoms with Crippen LogP contribution in [0.25, 0.3) is 33.2 Å². The number of ether oxygens (including phenoxy) is 1. The van der Waals surface area contributed by atoms with E-state index in [1.54, 1.807) is 4.57 Å². The molecular formula is C22H23N3O2S. The molecule has 0 aliphatic rings. The zero-order chi connectivity index (χ0) is 20.1. The van der Waals surface area contributed by atoms with E-state index in [2.05, 4.69) is 28.7 Å². The number of hydrogen-bond donors (Lipinski definition) is 0. The first-order valence-electron chi connectivity index (χ1n) is 9.36. The lowest BCUT2D eigenvalue weighted by atomic mass is 9.95. The summed E-state index contributed by atoms with van der Waals surface area (Å²) in [6.07, 6.45) is -0.384. The molecule has 0 spiro atoms. The van der Waals surface area contributed by atoms with Gasteiger partial charge in [-0.15, -0.1) is 0 Å². The standard InChI is InChI=1S/C22H23N3O2S/c1-13(2)18-14-9-6-7-12-17(14)25(21(26)27-22(3,4)5)20(18)15-10-8-11-16-19(15)24-28-23-16/h6-13H,1-5H3. The number of carbonyl (C=O) groups is 1. The van der Waals surface area contributed by atoms with Crippen LogP contribution in [0.3, 0.4) is 0 Å². The molecule has 0 unspecified atom stereocenters. The van der Waals surface area contributed by atoms with Gasteiger partial charge in [0.05, 0.1) is 22.9 Å². The lowest BCUT2D eigenvalue weighted by Gasteiger charge is -2.21. The minimum absolute atomic E-state index is 0.213. The molecule has 0 saturated heterocycles. The molecule has 6 heteroatoms. The fourth-order valence-electron chi connectivity index (χ4n) is 3.61. The highest BCUT2D eigenvalue weighted by atomic mass is 32.1. The normalized spacial score (nSPS) is 12.2. The van der Waals surface area contributed by atoms with Crippen molar-refractivity contribution in [3.8, 4) is 11.3 Å². The molecule has 0 amide bonds. The Morgan fingerprint density at radius 3 is 2.54 bits per heavy atom. The van der Waals surface area contributed by atoms with Gasteiger partial charge >= 0.3 is 6.09 Å². The second kappa shape index (κ2) is 6.71. The van der Waals surface area contributed by atoms with Crippen molar-refractivity contribution in [2.24, 2.45) is 0 Å². The SMILES string of the molecule is CC(C)c1c(-c2cccc3nsnc23)n(C(=O)OC(C)(C)C)c2ccccc12. The highest BCUT2D eigenvalue weighted by Gasteiger charge is 2.28. The predicted octanol–water partition coefficient (Wildman–Crippen LogP) is 6.22. The minimum atomic E-state index is -0.591. The van der Waals surface area contributed by atoms with E-state index in [1.165, 1.54) is 11.7 Å². The largest absolute Gasteiger partial charge is 0.443 e. The predicted molar refractivity (Wildman–Crippen MR) is 114 cm³/mol. The third-order valence-corrected chi connectivity index (χ3v) is 5.15. The molecule has 5 nitrogen and oxygen atoms in total. The molecule has 0 atom stereocenters. The Kier molecular flexibility index (Phi) is 4.46. The molecule has 0 radical (unpaired) electrons. The minimum Gasteiger partial charge on any atom is -0.443 e. The fraction of sp³-hybridized carbons (Fsp3) is 0.318. The number of nitrogens with zero attached hydrogens (tertiary/aromatic N) is 3. The van der Waals surface area contributed by atoms with Crippen LogP contribution in [-0.4, -0.2) is 25.0 Å². The number of hydrogen-bond acceptors (Lipinski definition) is 5. The van der Waals surface area contributed by atoms with E-state index >= 15 is 0 Å². The monoisotopic (exact) mass is 393 g/mol. The van der Waals surface area contributed by atoms with Crippen molar-refractivity contribution in [3.05, 3.63) is 48.0 Å². The lowest BCUT2D eigenvalue weighted by molar-refractivity contribution is 0.0547. The van der Waals surface area contributed by atoms with Crippen LogP contribution in [0.5, 0.6) is 0 Å². The van der Waals surface area contributed by atoms with E-state index in [-0.39, 0.29) is 12.0 Å². The van der Waals surface area contributed by atoms with Crippen molar-refractivity contribution in [1.29, 1.82) is 0 Å². The van der Waals surface area contributed by atoms with Gasteiger partial charge in [-0.25, -0.2) is 9.36 Å². The molecule has 28 heavy (non-hydrogen) atoms. The molecule has 144 valence electrons. The molecule has 0 aliphatic carbocycles. The summed E-state index contributed by atoms with van der Waals surface area (Å²) in [7, 11) is 0. The maximum absolute atomic E-state index is 13.3. The Labute approximate surface area is 168 Å². The van der Waals surface area contributed by atoms with Gasteiger partial charge in [-0.1, -0.05) is 44.2 Å². The topological polar surface area (TPSA) is 57.0 Å². The number of rotatable bonds is 2. The Morgan fingerprint density at radius 2 is 1.82 bits per heavy atom. The Hall–Kier alpha value is -2.73. The van der Waals surface area contributed by atoms with E-state index in [9.17, 15) is 4.79 Å². The Bertz CT molecular complexity index is 1180. The van der Waals surface area contributed by atoms with E-state index in [1.807, 2.05) is 57.2 Å². The number of aromatic nitrogens is 3. The maximum atomic E-state index is 13.3. The number of carbonyl (C=O) groups excluding carboxylic acids is 1. The average Bonchev–Trinajstić information content (AvgIpc) is 3.22. The van der Waals surface area contributed by atoms with E-state index < -0.39 is 5.60 Å². The van der Waals surface area contributed by atoms with Gasteiger partial charge in [-0.2, -0.15) is 8.75 Å². The summed E-state index contributed by atoms with van der Waals surface area (Å²) in [4.78, 5) is 13.3. The van der Waals surface area contributed by atoms with Crippen LogP contribution in [0.2, 0.25) is 0 Å². The first-order chi connectivity index (χ1) is 13.3. The first-order valence-corrected chi connectivity index (χ1v) is 10.1. The lowest BCUT2D eigenvalue weighted by Crippen LogP contribution is -2.27. The van der Waals surface area contributed by atoms with Crippen molar-refractivity contribution < 1.29 is 9.53 Å². The number of fused-ring (bicyclic) bond motifs is 2. The summed E-state index contributed by atoms with van der Waals surface area (Å²) in [5.74, 6) is 0.213. The quantitative estimate of drug-likeness (QED) is 0.406. The molecule has 2 heterocycles. The zero-order valence-electron chi connectivity index (χ0n) is 16.7. The van der Waals surface area contributed by atoms with Gasteiger partial charge in [0.25, 0.3) is 0 Å². The van der Waals surface area contributed by atoms with Crippen LogP contribution in [0.15, 0.2) is 42.5 Å². The second-order valence-electron chi connectivity index (χ2n) is 8.19. The van der Waals surface area contributed by atoms with Gasteiger partial charge in [-0.05, 0) is 44.4 Å². The van der Waals surface area contributed by atoms with Crippen LogP contribution in [0.4, 0.5) is 4.79 Å². The van der Waals surface area contributed by atoms with E-state index in [0.717, 1.165) is 38.8 Å². The summed E-state index contributed by atoms with van der Waals surface area (Å²) in [6, 6.07) is 13.9. The van der Waals surface area contributed by atoms with E-state index in [4.69, 9.17) is 4.74 Å². The smallest absolute Gasteiger partial charge is 0.419 e. The first kappa shape index (κ1) is 18.6. The van der Waals surface area contributed by atoms with Crippen molar-refractivity contribution in [2.75, 3.05) is 0 Å². The van der Waals surface area contributed by atoms with Gasteiger partial charge in [-0.3, -0.25) is 0 Å². The fourth-order valence-corrected chi connectivity index (χ4v) is 4.16. The molecule has 0 aliphatic heterocycles. The number of para-hydroxylation sites is 1. The zero-order valence-corrected chi connectivity index (χ0v) is 17.5. The Balaban J connectivity index is 2.12. The number of benzene rings is 2. The van der Waals surface area contributed by atoms with Crippen LogP contribution in [0.1, 0.15) is 46.1 Å². The molecule has 0 bridgehead atoms. The third kappa shape index (κ3) is 3.07. The van der Waals surface area contributed by atoms with Gasteiger partial charge < -0.3 is 4.74 Å². The highest BCUT2D eigenvalue weighted by Crippen LogP contribution is 2.40. The van der Waals surface area contributed by atoms with Gasteiger partial charge in [0.2, 0.25) is 0 Å². The molecule has 2 aromatic carbocycles. The van der Waals surface area contributed by atoms with Gasteiger partial charge in [0.15, 0.2) is 0 Å². The van der Waals surface area contributed by atoms with Crippen LogP contribution in [0, 0.1) is 0 Å². The highest BCUT2D eigenvalue weighted by molar-refractivity contribution is 7.00. The van der Waals surface area contributed by atoms with Crippen molar-refractivity contribution in [2.45, 2.75) is 46.1 Å². The molecule has 4 aromatic rings. The summed E-state index contributed by atoms with van der Waals surface area (Å²) in [6.45, 7) is 9.92. The van der Waals surface area contributed by atoms with Gasteiger partial charge in [0, 0.05) is 10.9 Å². The molecule has 0 fully saturated rings. The second-order valence-corrected chi connectivity index (χ2v) is 8.72. The van der Waals surface area contributed by atoms with Gasteiger partial charge in [0.1, 0.15) is 16.6 Å². The molecule has 0 N–H and O–H groups in total. The third-order valence-electron chi connectivity index (χ3n) is 4.61. The van der Waals surface area contributed by atoms with Crippen molar-refractivity contribution >= 4 is 39.8 Å². The Morgan fingerprint density at radius 1 is 1.07 bits per heavy atom. The maximum Gasteiger partial charge on any atom is 0.419 e. The molecule has 4 rings (SSSR count). The van der Waals surface area contributed by atoms with Crippen LogP contribution >= 0.6 is 11.7 Å². The molecule has 0 saturated carbocycles.